The van der Waals surface area contributed by atoms with Gasteiger partial charge >= 0.3 is 0 Å². The van der Waals surface area contributed by atoms with E-state index in [9.17, 15) is 4.79 Å². The summed E-state index contributed by atoms with van der Waals surface area (Å²) in [6, 6.07) is 12.5. The molecule has 1 aliphatic carbocycles. The van der Waals surface area contributed by atoms with Gasteiger partial charge in [0, 0.05) is 47.5 Å². The Labute approximate surface area is 207 Å². The van der Waals surface area contributed by atoms with Crippen molar-refractivity contribution in [3.63, 3.8) is 0 Å². The van der Waals surface area contributed by atoms with Crippen LogP contribution in [0.1, 0.15) is 61.3 Å². The third-order valence-corrected chi connectivity index (χ3v) is 8.45. The molecule has 35 heavy (non-hydrogen) atoms. The van der Waals surface area contributed by atoms with Crippen molar-refractivity contribution in [3.05, 3.63) is 65.6 Å². The molecule has 3 fully saturated rings. The zero-order chi connectivity index (χ0) is 24.0. The lowest BCUT2D eigenvalue weighted by molar-refractivity contribution is -0.117. The van der Waals surface area contributed by atoms with Crippen molar-refractivity contribution in [3.8, 4) is 0 Å². The average Bonchev–Trinajstić information content (AvgIpc) is 3.57. The molecule has 0 bridgehead atoms. The number of nitrogens with zero attached hydrogens (tertiary/aromatic N) is 3. The Hall–Kier alpha value is -2.83. The number of piperidine rings is 1. The first kappa shape index (κ1) is 22.6. The van der Waals surface area contributed by atoms with Crippen molar-refractivity contribution < 1.29 is 9.53 Å². The van der Waals surface area contributed by atoms with Crippen molar-refractivity contribution in [1.82, 2.24) is 14.9 Å². The fraction of sp³-hybridized carbons (Fsp3) is 0.483. The van der Waals surface area contributed by atoms with Crippen LogP contribution in [0, 0.1) is 12.8 Å². The van der Waals surface area contributed by atoms with E-state index in [-0.39, 0.29) is 23.3 Å². The molecule has 2 aliphatic heterocycles. The largest absolute Gasteiger partial charge is 0.379 e. The van der Waals surface area contributed by atoms with Crippen LogP contribution in [0.2, 0.25) is 0 Å². The van der Waals surface area contributed by atoms with Crippen LogP contribution in [0.15, 0.2) is 48.8 Å². The molecule has 1 N–H and O–H groups in total. The van der Waals surface area contributed by atoms with Crippen molar-refractivity contribution in [2.75, 3.05) is 31.6 Å². The Kier molecular flexibility index (Phi) is 5.81. The van der Waals surface area contributed by atoms with Gasteiger partial charge < -0.3 is 10.1 Å². The Bertz CT molecular complexity index is 1230. The first-order chi connectivity index (χ1) is 17.0. The number of amides is 1. The number of anilines is 1. The van der Waals surface area contributed by atoms with Crippen LogP contribution >= 0.6 is 0 Å². The van der Waals surface area contributed by atoms with Gasteiger partial charge in [0.15, 0.2) is 0 Å². The maximum Gasteiger partial charge on any atom is 0.229 e. The first-order valence-corrected chi connectivity index (χ1v) is 13.0. The third kappa shape index (κ3) is 4.45. The number of fused-ring (bicyclic) bond motifs is 1. The predicted molar refractivity (Wildman–Crippen MR) is 138 cm³/mol. The average molecular weight is 471 g/mol. The fourth-order valence-electron chi connectivity index (χ4n) is 6.10. The monoisotopic (exact) mass is 470 g/mol. The van der Waals surface area contributed by atoms with E-state index in [1.54, 1.807) is 6.20 Å². The Balaban J connectivity index is 1.15. The van der Waals surface area contributed by atoms with Gasteiger partial charge in [-0.15, -0.1) is 0 Å². The molecule has 3 aromatic rings. The summed E-state index contributed by atoms with van der Waals surface area (Å²) in [5, 5.41) is 5.32. The number of carbonyl (C=O) groups is 1. The van der Waals surface area contributed by atoms with Crippen molar-refractivity contribution >= 4 is 22.5 Å². The van der Waals surface area contributed by atoms with Crippen LogP contribution in [0.5, 0.6) is 0 Å². The van der Waals surface area contributed by atoms with Crippen LogP contribution in [0.25, 0.3) is 10.8 Å². The number of rotatable bonds is 5. The molecular formula is C29H34N4O2. The number of carbonyl (C=O) groups excluding carboxylic acids is 1. The van der Waals surface area contributed by atoms with E-state index in [2.05, 4.69) is 46.2 Å². The molecule has 3 aliphatic rings. The zero-order valence-electron chi connectivity index (χ0n) is 20.7. The molecule has 6 nitrogen and oxygen atoms in total. The normalized spacial score (nSPS) is 27.3. The lowest BCUT2D eigenvalue weighted by Gasteiger charge is -2.42. The molecule has 6 heteroatoms. The highest BCUT2D eigenvalue weighted by Gasteiger charge is 2.45. The summed E-state index contributed by atoms with van der Waals surface area (Å²) in [6.45, 7) is 8.56. The maximum absolute atomic E-state index is 12.8. The predicted octanol–water partition coefficient (Wildman–Crippen LogP) is 5.04. The highest BCUT2D eigenvalue weighted by atomic mass is 16.5. The molecule has 1 amide bonds. The number of hydrogen-bond acceptors (Lipinski definition) is 5. The van der Waals surface area contributed by atoms with E-state index >= 15 is 0 Å². The number of aromatic nitrogens is 2. The number of ether oxygens (including phenoxy) is 1. The second-order valence-corrected chi connectivity index (χ2v) is 10.9. The van der Waals surface area contributed by atoms with Gasteiger partial charge in [-0.2, -0.15) is 0 Å². The summed E-state index contributed by atoms with van der Waals surface area (Å²) in [4.78, 5) is 24.4. The molecule has 3 atom stereocenters. The number of nitrogens with one attached hydrogen (secondary N) is 1. The lowest BCUT2D eigenvalue weighted by Crippen LogP contribution is -2.50. The molecule has 0 unspecified atom stereocenters. The molecule has 0 radical (unpaired) electrons. The highest BCUT2D eigenvalue weighted by molar-refractivity contribution is 5.96. The summed E-state index contributed by atoms with van der Waals surface area (Å²) >= 11 is 0. The quantitative estimate of drug-likeness (QED) is 0.566. The number of pyridine rings is 2. The number of benzene rings is 1. The van der Waals surface area contributed by atoms with E-state index < -0.39 is 0 Å². The van der Waals surface area contributed by atoms with Gasteiger partial charge in [0.25, 0.3) is 0 Å². The topological polar surface area (TPSA) is 67.4 Å². The van der Waals surface area contributed by atoms with E-state index in [0.717, 1.165) is 55.6 Å². The highest BCUT2D eigenvalue weighted by Crippen LogP contribution is 2.47. The van der Waals surface area contributed by atoms with Gasteiger partial charge in [-0.25, -0.2) is 4.98 Å². The number of aryl methyl sites for hydroxylation is 1. The molecule has 182 valence electrons. The van der Waals surface area contributed by atoms with Gasteiger partial charge in [-0.3, -0.25) is 14.7 Å². The van der Waals surface area contributed by atoms with E-state index in [4.69, 9.17) is 4.74 Å². The van der Waals surface area contributed by atoms with E-state index in [1.807, 2.05) is 30.5 Å². The number of likely N-dealkylation sites (tertiary alicyclic amines) is 1. The fourth-order valence-corrected chi connectivity index (χ4v) is 6.10. The minimum Gasteiger partial charge on any atom is -0.379 e. The molecule has 1 aromatic carbocycles. The van der Waals surface area contributed by atoms with Crippen molar-refractivity contribution in [1.29, 1.82) is 0 Å². The van der Waals surface area contributed by atoms with Crippen LogP contribution in [-0.4, -0.2) is 52.6 Å². The van der Waals surface area contributed by atoms with Crippen LogP contribution in [0.4, 0.5) is 5.82 Å². The number of hydrogen-bond donors (Lipinski definition) is 1. The SMILES string of the molecule is Cc1cc2cnc(NC(=O)[C@@H]3C[C@H]3c3ccccn3)cc2cc1C1CCN([C@]2(C)CCOC2)CC1. The molecule has 0 spiro atoms. The molecule has 1 saturated carbocycles. The lowest BCUT2D eigenvalue weighted by atomic mass is 9.84. The molecular weight excluding hydrogens is 436 g/mol. The van der Waals surface area contributed by atoms with Crippen LogP contribution in [-0.2, 0) is 9.53 Å². The van der Waals surface area contributed by atoms with Crippen molar-refractivity contribution in [2.24, 2.45) is 5.92 Å². The first-order valence-electron chi connectivity index (χ1n) is 13.0. The molecule has 2 aromatic heterocycles. The zero-order valence-corrected chi connectivity index (χ0v) is 20.7. The van der Waals surface area contributed by atoms with Gasteiger partial charge in [-0.1, -0.05) is 12.1 Å². The Morgan fingerprint density at radius 3 is 2.74 bits per heavy atom. The maximum atomic E-state index is 12.8. The van der Waals surface area contributed by atoms with Gasteiger partial charge in [0.2, 0.25) is 5.91 Å². The van der Waals surface area contributed by atoms with Gasteiger partial charge in [-0.05, 0) is 99.3 Å². The molecule has 4 heterocycles. The third-order valence-electron chi connectivity index (χ3n) is 8.45. The van der Waals surface area contributed by atoms with Gasteiger partial charge in [0.1, 0.15) is 5.82 Å². The molecule has 2 saturated heterocycles. The van der Waals surface area contributed by atoms with Crippen LogP contribution in [0.3, 0.4) is 0 Å². The minimum absolute atomic E-state index is 0.0201. The standard InChI is InChI=1S/C29H34N4O2/c1-19-13-22-17-31-27(32-28(34)25-16-24(25)26-5-3-4-9-30-26)15-21(22)14-23(19)20-6-10-33(11-7-20)29(2)8-12-35-18-29/h3-5,9,13-15,17,20,24-25H,6-8,10-12,16,18H2,1-2H3,(H,31,32,34)/t24-,25-,29-/m1/s1. The second-order valence-electron chi connectivity index (χ2n) is 10.9. The second kappa shape index (κ2) is 8.99. The minimum atomic E-state index is -0.0201. The van der Waals surface area contributed by atoms with Gasteiger partial charge in [0.05, 0.1) is 6.61 Å². The van der Waals surface area contributed by atoms with E-state index in [0.29, 0.717) is 11.7 Å². The van der Waals surface area contributed by atoms with Crippen molar-refractivity contribution in [2.45, 2.75) is 56.9 Å². The summed E-state index contributed by atoms with van der Waals surface area (Å²) in [5.74, 6) is 1.44. The summed E-state index contributed by atoms with van der Waals surface area (Å²) in [7, 11) is 0. The Morgan fingerprint density at radius 2 is 2.00 bits per heavy atom. The molecule has 6 rings (SSSR count). The summed E-state index contributed by atoms with van der Waals surface area (Å²) in [5.41, 5.74) is 3.98. The van der Waals surface area contributed by atoms with Crippen LogP contribution < -0.4 is 5.32 Å². The summed E-state index contributed by atoms with van der Waals surface area (Å²) in [6.07, 6.45) is 8.01. The summed E-state index contributed by atoms with van der Waals surface area (Å²) < 4.78 is 5.70. The van der Waals surface area contributed by atoms with E-state index in [1.165, 1.54) is 24.0 Å². The smallest absolute Gasteiger partial charge is 0.229 e. The Morgan fingerprint density at radius 1 is 1.14 bits per heavy atom.